The number of amides is 1. The number of carbonyl (C=O) groups excluding carboxylic acids is 3. The van der Waals surface area contributed by atoms with Crippen molar-refractivity contribution in [2.75, 3.05) is 13.2 Å². The van der Waals surface area contributed by atoms with Crippen LogP contribution in [0.4, 0.5) is 0 Å². The van der Waals surface area contributed by atoms with Gasteiger partial charge in [-0.3, -0.25) is 9.59 Å². The number of nitrogens with one attached hydrogen (secondary N) is 1. The van der Waals surface area contributed by atoms with Crippen molar-refractivity contribution < 1.29 is 23.9 Å². The fraction of sp³-hybridized carbons (Fsp3) is 0.870. The summed E-state index contributed by atoms with van der Waals surface area (Å²) in [6.07, 6.45) is 6.65. The highest BCUT2D eigenvalue weighted by Crippen LogP contribution is 2.09. The first kappa shape index (κ1) is 28.4. The molecule has 0 aliphatic rings. The summed E-state index contributed by atoms with van der Waals surface area (Å²) in [7, 11) is 0. The largest absolute Gasteiger partial charge is 0.465 e. The van der Waals surface area contributed by atoms with Crippen LogP contribution < -0.4 is 11.1 Å². The molecule has 0 aromatic carbocycles. The Labute approximate surface area is 182 Å². The van der Waals surface area contributed by atoms with Gasteiger partial charge < -0.3 is 20.5 Å². The third-order valence-electron chi connectivity index (χ3n) is 4.64. The quantitative estimate of drug-likeness (QED) is 0.270. The van der Waals surface area contributed by atoms with Crippen LogP contribution in [0.25, 0.3) is 0 Å². The van der Waals surface area contributed by atoms with Crippen LogP contribution in [0.3, 0.4) is 0 Å². The van der Waals surface area contributed by atoms with Crippen LogP contribution >= 0.6 is 0 Å². The molecule has 0 radical (unpaired) electrons. The second-order valence-electron chi connectivity index (χ2n) is 8.84. The van der Waals surface area contributed by atoms with Crippen LogP contribution in [0.15, 0.2) is 0 Å². The maximum Gasteiger partial charge on any atom is 0.328 e. The van der Waals surface area contributed by atoms with Gasteiger partial charge in [0.05, 0.1) is 13.2 Å². The number of carbonyl (C=O) groups is 3. The highest BCUT2D eigenvalue weighted by atomic mass is 16.5. The van der Waals surface area contributed by atoms with Crippen molar-refractivity contribution in [2.45, 2.75) is 104 Å². The van der Waals surface area contributed by atoms with E-state index in [1.807, 2.05) is 34.6 Å². The van der Waals surface area contributed by atoms with E-state index in [4.69, 9.17) is 15.2 Å². The summed E-state index contributed by atoms with van der Waals surface area (Å²) in [5, 5.41) is 2.81. The van der Waals surface area contributed by atoms with Crippen molar-refractivity contribution in [3.8, 4) is 0 Å². The number of rotatable bonds is 17. The molecule has 0 saturated carbocycles. The van der Waals surface area contributed by atoms with Crippen LogP contribution in [0.5, 0.6) is 0 Å². The van der Waals surface area contributed by atoms with Crippen LogP contribution in [-0.4, -0.2) is 43.1 Å². The van der Waals surface area contributed by atoms with Gasteiger partial charge in [-0.25, -0.2) is 4.79 Å². The lowest BCUT2D eigenvalue weighted by Gasteiger charge is -2.19. The molecule has 2 atom stereocenters. The lowest BCUT2D eigenvalue weighted by molar-refractivity contribution is -0.148. The van der Waals surface area contributed by atoms with E-state index in [9.17, 15) is 14.4 Å². The molecule has 0 rings (SSSR count). The molecular formula is C23H44N2O5. The van der Waals surface area contributed by atoms with Crippen molar-refractivity contribution in [3.05, 3.63) is 0 Å². The van der Waals surface area contributed by atoms with Crippen molar-refractivity contribution in [1.82, 2.24) is 5.32 Å². The summed E-state index contributed by atoms with van der Waals surface area (Å²) in [6, 6.07) is -1.13. The van der Waals surface area contributed by atoms with Crippen LogP contribution in [-0.2, 0) is 23.9 Å². The Morgan fingerprint density at radius 3 is 1.83 bits per heavy atom. The van der Waals surface area contributed by atoms with Gasteiger partial charge in [0.1, 0.15) is 12.1 Å². The first-order valence-corrected chi connectivity index (χ1v) is 11.6. The van der Waals surface area contributed by atoms with Crippen molar-refractivity contribution >= 4 is 17.8 Å². The smallest absolute Gasteiger partial charge is 0.328 e. The Hall–Kier alpha value is -1.63. The molecule has 7 nitrogen and oxygen atoms in total. The fourth-order valence-corrected chi connectivity index (χ4v) is 3.00. The van der Waals surface area contributed by atoms with Gasteiger partial charge in [-0.05, 0) is 56.8 Å². The summed E-state index contributed by atoms with van der Waals surface area (Å²) >= 11 is 0. The number of esters is 2. The highest BCUT2D eigenvalue weighted by Gasteiger charge is 2.23. The molecule has 0 spiro atoms. The van der Waals surface area contributed by atoms with Gasteiger partial charge in [0.25, 0.3) is 0 Å². The SMILES string of the molecule is CCCCC(=O)NC(CC(C)C)C(=O)OCCCCCCOC(=O)C(N)CC(C)C. The lowest BCUT2D eigenvalue weighted by atomic mass is 10.0. The summed E-state index contributed by atoms with van der Waals surface area (Å²) < 4.78 is 10.6. The van der Waals surface area contributed by atoms with Gasteiger partial charge in [-0.15, -0.1) is 0 Å². The molecule has 0 aliphatic heterocycles. The van der Waals surface area contributed by atoms with E-state index in [0.29, 0.717) is 38.4 Å². The Bertz CT molecular complexity index is 494. The number of ether oxygens (including phenoxy) is 2. The summed E-state index contributed by atoms with van der Waals surface area (Å²) in [6.45, 7) is 10.8. The highest BCUT2D eigenvalue weighted by molar-refractivity contribution is 5.84. The molecule has 0 aliphatic carbocycles. The van der Waals surface area contributed by atoms with Gasteiger partial charge in [-0.1, -0.05) is 41.0 Å². The molecule has 30 heavy (non-hydrogen) atoms. The average Bonchev–Trinajstić information content (AvgIpc) is 2.66. The van der Waals surface area contributed by atoms with Gasteiger partial charge in [-0.2, -0.15) is 0 Å². The second kappa shape index (κ2) is 17.1. The number of unbranched alkanes of at least 4 members (excludes halogenated alkanes) is 4. The topological polar surface area (TPSA) is 108 Å². The minimum atomic E-state index is -0.580. The Kier molecular flexibility index (Phi) is 16.2. The van der Waals surface area contributed by atoms with Crippen LogP contribution in [0, 0.1) is 11.8 Å². The molecule has 1 amide bonds. The van der Waals surface area contributed by atoms with Crippen molar-refractivity contribution in [1.29, 1.82) is 0 Å². The van der Waals surface area contributed by atoms with Crippen molar-refractivity contribution in [2.24, 2.45) is 17.6 Å². The molecule has 176 valence electrons. The molecule has 7 heteroatoms. The zero-order valence-electron chi connectivity index (χ0n) is 19.7. The summed E-state index contributed by atoms with van der Waals surface area (Å²) in [5.74, 6) is -0.149. The van der Waals surface area contributed by atoms with Gasteiger partial charge >= 0.3 is 11.9 Å². The molecule has 0 aromatic heterocycles. The first-order chi connectivity index (χ1) is 14.2. The van der Waals surface area contributed by atoms with E-state index in [1.165, 1.54) is 0 Å². The monoisotopic (exact) mass is 428 g/mol. The predicted molar refractivity (Wildman–Crippen MR) is 119 cm³/mol. The maximum atomic E-state index is 12.3. The van der Waals surface area contributed by atoms with E-state index in [0.717, 1.165) is 38.5 Å². The van der Waals surface area contributed by atoms with Crippen LogP contribution in [0.1, 0.15) is 92.4 Å². The number of nitrogens with two attached hydrogens (primary N) is 1. The second-order valence-corrected chi connectivity index (χ2v) is 8.84. The maximum absolute atomic E-state index is 12.3. The normalized spacial score (nSPS) is 13.2. The molecule has 0 fully saturated rings. The van der Waals surface area contributed by atoms with Gasteiger partial charge in [0.15, 0.2) is 0 Å². The molecule has 3 N–H and O–H groups in total. The molecule has 0 bridgehead atoms. The third kappa shape index (κ3) is 15.2. The Morgan fingerprint density at radius 2 is 1.33 bits per heavy atom. The predicted octanol–water partition coefficient (Wildman–Crippen LogP) is 3.73. The Morgan fingerprint density at radius 1 is 0.800 bits per heavy atom. The van der Waals surface area contributed by atoms with E-state index >= 15 is 0 Å². The fourth-order valence-electron chi connectivity index (χ4n) is 3.00. The van der Waals surface area contributed by atoms with Crippen LogP contribution in [0.2, 0.25) is 0 Å². The number of hydrogen-bond donors (Lipinski definition) is 2. The molecular weight excluding hydrogens is 384 g/mol. The molecule has 0 heterocycles. The van der Waals surface area contributed by atoms with Crippen molar-refractivity contribution in [3.63, 3.8) is 0 Å². The molecule has 0 saturated heterocycles. The number of hydrogen-bond acceptors (Lipinski definition) is 6. The zero-order chi connectivity index (χ0) is 22.9. The standard InChI is InChI=1S/C23H44N2O5/c1-6-7-12-21(26)25-20(16-18(4)5)23(28)30-14-11-9-8-10-13-29-22(27)19(24)15-17(2)3/h17-20H,6-16,24H2,1-5H3,(H,25,26). The summed E-state index contributed by atoms with van der Waals surface area (Å²) in [5.41, 5.74) is 5.79. The molecule has 2 unspecified atom stereocenters. The van der Waals surface area contributed by atoms with E-state index in [2.05, 4.69) is 5.32 Å². The van der Waals surface area contributed by atoms with Gasteiger partial charge in [0, 0.05) is 6.42 Å². The molecule has 0 aromatic rings. The van der Waals surface area contributed by atoms with Gasteiger partial charge in [0.2, 0.25) is 5.91 Å². The average molecular weight is 429 g/mol. The lowest BCUT2D eigenvalue weighted by Crippen LogP contribution is -2.42. The van der Waals surface area contributed by atoms with E-state index in [-0.39, 0.29) is 23.8 Å². The first-order valence-electron chi connectivity index (χ1n) is 11.6. The third-order valence-corrected chi connectivity index (χ3v) is 4.64. The summed E-state index contributed by atoms with van der Waals surface area (Å²) in [4.78, 5) is 36.0. The Balaban J connectivity index is 3.98. The van der Waals surface area contributed by atoms with E-state index in [1.54, 1.807) is 0 Å². The minimum Gasteiger partial charge on any atom is -0.465 e. The zero-order valence-corrected chi connectivity index (χ0v) is 19.7. The minimum absolute atomic E-state index is 0.0953. The van der Waals surface area contributed by atoms with E-state index < -0.39 is 12.1 Å².